The fourth-order valence-electron chi connectivity index (χ4n) is 1.96. The molecular weight excluding hydrogens is 274 g/mol. The SMILES string of the molecule is C=C(CN(C(C)C)C(C)C)c1ccc(Br)cc1. The molecule has 1 nitrogen and oxygen atoms in total. The average Bonchev–Trinajstić information content (AvgIpc) is 2.25. The number of hydrogen-bond acceptors (Lipinski definition) is 1. The van der Waals surface area contributed by atoms with E-state index in [2.05, 4.69) is 79.4 Å². The molecule has 0 fully saturated rings. The van der Waals surface area contributed by atoms with Gasteiger partial charge in [-0.1, -0.05) is 34.6 Å². The van der Waals surface area contributed by atoms with E-state index in [4.69, 9.17) is 0 Å². The van der Waals surface area contributed by atoms with Crippen LogP contribution < -0.4 is 0 Å². The second kappa shape index (κ2) is 6.36. The molecule has 0 atom stereocenters. The van der Waals surface area contributed by atoms with Crippen molar-refractivity contribution in [2.45, 2.75) is 39.8 Å². The Morgan fingerprint density at radius 3 is 2.00 bits per heavy atom. The van der Waals surface area contributed by atoms with Crippen LogP contribution in [-0.4, -0.2) is 23.5 Å². The van der Waals surface area contributed by atoms with Crippen LogP contribution in [0, 0.1) is 0 Å². The Morgan fingerprint density at radius 2 is 1.59 bits per heavy atom. The zero-order valence-electron chi connectivity index (χ0n) is 11.2. The predicted molar refractivity (Wildman–Crippen MR) is 80.2 cm³/mol. The van der Waals surface area contributed by atoms with Crippen LogP contribution in [0.25, 0.3) is 5.57 Å². The van der Waals surface area contributed by atoms with Crippen molar-refractivity contribution >= 4 is 21.5 Å². The molecule has 17 heavy (non-hydrogen) atoms. The van der Waals surface area contributed by atoms with Crippen molar-refractivity contribution in [2.75, 3.05) is 6.54 Å². The van der Waals surface area contributed by atoms with Gasteiger partial charge in [0.25, 0.3) is 0 Å². The zero-order valence-corrected chi connectivity index (χ0v) is 12.8. The van der Waals surface area contributed by atoms with Crippen molar-refractivity contribution in [2.24, 2.45) is 0 Å². The van der Waals surface area contributed by atoms with Gasteiger partial charge in [0.15, 0.2) is 0 Å². The van der Waals surface area contributed by atoms with E-state index in [1.807, 2.05) is 0 Å². The topological polar surface area (TPSA) is 3.24 Å². The van der Waals surface area contributed by atoms with E-state index in [-0.39, 0.29) is 0 Å². The summed E-state index contributed by atoms with van der Waals surface area (Å²) in [5.41, 5.74) is 2.40. The molecule has 0 heterocycles. The first-order valence-electron chi connectivity index (χ1n) is 6.11. The molecular formula is C15H22BrN. The van der Waals surface area contributed by atoms with Crippen LogP contribution in [-0.2, 0) is 0 Å². The quantitative estimate of drug-likeness (QED) is 0.768. The van der Waals surface area contributed by atoms with E-state index in [0.29, 0.717) is 12.1 Å². The third-order valence-corrected chi connectivity index (χ3v) is 3.48. The molecule has 0 aromatic heterocycles. The predicted octanol–water partition coefficient (Wildman–Crippen LogP) is 4.58. The lowest BCUT2D eigenvalue weighted by Crippen LogP contribution is -2.37. The Morgan fingerprint density at radius 1 is 1.12 bits per heavy atom. The van der Waals surface area contributed by atoms with Gasteiger partial charge < -0.3 is 0 Å². The third-order valence-electron chi connectivity index (χ3n) is 2.95. The smallest absolute Gasteiger partial charge is 0.0239 e. The molecule has 94 valence electrons. The van der Waals surface area contributed by atoms with Crippen LogP contribution in [0.15, 0.2) is 35.3 Å². The number of nitrogens with zero attached hydrogens (tertiary/aromatic N) is 1. The van der Waals surface area contributed by atoms with Crippen molar-refractivity contribution in [3.8, 4) is 0 Å². The van der Waals surface area contributed by atoms with Gasteiger partial charge in [-0.3, -0.25) is 4.90 Å². The number of halogens is 1. The van der Waals surface area contributed by atoms with E-state index in [9.17, 15) is 0 Å². The molecule has 0 aliphatic rings. The summed E-state index contributed by atoms with van der Waals surface area (Å²) in [5.74, 6) is 0. The molecule has 0 spiro atoms. The van der Waals surface area contributed by atoms with Gasteiger partial charge >= 0.3 is 0 Å². The summed E-state index contributed by atoms with van der Waals surface area (Å²) < 4.78 is 1.11. The van der Waals surface area contributed by atoms with E-state index >= 15 is 0 Å². The van der Waals surface area contributed by atoms with Crippen molar-refractivity contribution in [3.63, 3.8) is 0 Å². The van der Waals surface area contributed by atoms with Gasteiger partial charge in [0.2, 0.25) is 0 Å². The Kier molecular flexibility index (Phi) is 5.41. The van der Waals surface area contributed by atoms with Crippen molar-refractivity contribution < 1.29 is 0 Å². The van der Waals surface area contributed by atoms with E-state index < -0.39 is 0 Å². The molecule has 1 aromatic carbocycles. The van der Waals surface area contributed by atoms with Gasteiger partial charge in [0.1, 0.15) is 0 Å². The minimum atomic E-state index is 0.544. The van der Waals surface area contributed by atoms with Crippen LogP contribution in [0.1, 0.15) is 33.3 Å². The molecule has 0 saturated carbocycles. The number of rotatable bonds is 5. The van der Waals surface area contributed by atoms with Crippen molar-refractivity contribution in [1.82, 2.24) is 4.90 Å². The summed E-state index contributed by atoms with van der Waals surface area (Å²) in [6.07, 6.45) is 0. The number of benzene rings is 1. The van der Waals surface area contributed by atoms with E-state index in [1.165, 1.54) is 11.1 Å². The molecule has 1 aromatic rings. The highest BCUT2D eigenvalue weighted by atomic mass is 79.9. The molecule has 0 aliphatic carbocycles. The first-order valence-corrected chi connectivity index (χ1v) is 6.90. The molecule has 0 unspecified atom stereocenters. The van der Waals surface area contributed by atoms with Crippen LogP contribution in [0.3, 0.4) is 0 Å². The zero-order chi connectivity index (χ0) is 13.0. The number of hydrogen-bond donors (Lipinski definition) is 0. The highest BCUT2D eigenvalue weighted by molar-refractivity contribution is 9.10. The minimum absolute atomic E-state index is 0.544. The van der Waals surface area contributed by atoms with E-state index in [1.54, 1.807) is 0 Å². The van der Waals surface area contributed by atoms with Gasteiger partial charge in [-0.2, -0.15) is 0 Å². The minimum Gasteiger partial charge on any atom is -0.294 e. The fraction of sp³-hybridized carbons (Fsp3) is 0.467. The summed E-state index contributed by atoms with van der Waals surface area (Å²) in [6, 6.07) is 9.45. The highest BCUT2D eigenvalue weighted by Crippen LogP contribution is 2.19. The summed E-state index contributed by atoms with van der Waals surface area (Å²) in [4.78, 5) is 2.45. The monoisotopic (exact) mass is 295 g/mol. The van der Waals surface area contributed by atoms with Crippen LogP contribution in [0.2, 0.25) is 0 Å². The summed E-state index contributed by atoms with van der Waals surface area (Å²) >= 11 is 3.45. The molecule has 0 aliphatic heterocycles. The van der Waals surface area contributed by atoms with Gasteiger partial charge in [-0.25, -0.2) is 0 Å². The molecule has 0 bridgehead atoms. The molecule has 0 N–H and O–H groups in total. The Balaban J connectivity index is 2.74. The standard InChI is InChI=1S/C15H22BrN/c1-11(2)17(12(3)4)10-13(5)14-6-8-15(16)9-7-14/h6-9,11-12H,5,10H2,1-4H3. The van der Waals surface area contributed by atoms with Gasteiger partial charge in [-0.15, -0.1) is 0 Å². The maximum atomic E-state index is 4.20. The molecule has 0 saturated heterocycles. The average molecular weight is 296 g/mol. The Labute approximate surface area is 114 Å². The molecule has 1 rings (SSSR count). The summed E-state index contributed by atoms with van der Waals surface area (Å²) in [6.45, 7) is 14.1. The lowest BCUT2D eigenvalue weighted by atomic mass is 10.1. The first kappa shape index (κ1) is 14.5. The largest absolute Gasteiger partial charge is 0.294 e. The Hall–Kier alpha value is -0.600. The Bertz CT molecular complexity index is 357. The van der Waals surface area contributed by atoms with Crippen LogP contribution in [0.5, 0.6) is 0 Å². The first-order chi connectivity index (χ1) is 7.91. The van der Waals surface area contributed by atoms with Gasteiger partial charge in [0.05, 0.1) is 0 Å². The maximum Gasteiger partial charge on any atom is 0.0239 e. The lowest BCUT2D eigenvalue weighted by molar-refractivity contribution is 0.200. The van der Waals surface area contributed by atoms with Crippen LogP contribution in [0.4, 0.5) is 0 Å². The normalized spacial score (nSPS) is 11.5. The van der Waals surface area contributed by atoms with Gasteiger partial charge in [-0.05, 0) is 51.0 Å². The van der Waals surface area contributed by atoms with Crippen molar-refractivity contribution in [1.29, 1.82) is 0 Å². The highest BCUT2D eigenvalue weighted by Gasteiger charge is 2.14. The second-order valence-electron chi connectivity index (χ2n) is 4.97. The fourth-order valence-corrected chi connectivity index (χ4v) is 2.22. The molecule has 2 heteroatoms. The summed E-state index contributed by atoms with van der Waals surface area (Å²) in [7, 11) is 0. The lowest BCUT2D eigenvalue weighted by Gasteiger charge is -2.31. The third kappa shape index (κ3) is 4.29. The van der Waals surface area contributed by atoms with Gasteiger partial charge in [0, 0.05) is 23.1 Å². The van der Waals surface area contributed by atoms with E-state index in [0.717, 1.165) is 11.0 Å². The maximum absolute atomic E-state index is 4.20. The molecule has 0 radical (unpaired) electrons. The second-order valence-corrected chi connectivity index (χ2v) is 5.89. The van der Waals surface area contributed by atoms with Crippen molar-refractivity contribution in [3.05, 3.63) is 40.9 Å². The summed E-state index contributed by atoms with van der Waals surface area (Å²) in [5, 5.41) is 0. The molecule has 0 amide bonds. The van der Waals surface area contributed by atoms with Crippen LogP contribution >= 0.6 is 15.9 Å².